The molecular formula is C23H26FN5O5. The van der Waals surface area contributed by atoms with Crippen LogP contribution in [-0.4, -0.2) is 44.1 Å². The lowest BCUT2D eigenvalue weighted by Crippen LogP contribution is -2.39. The van der Waals surface area contributed by atoms with E-state index in [1.807, 2.05) is 30.3 Å². The second-order valence-electron chi connectivity index (χ2n) is 8.50. The Kier molecular flexibility index (Phi) is 7.77. The van der Waals surface area contributed by atoms with Crippen LogP contribution in [-0.2, 0) is 16.1 Å². The van der Waals surface area contributed by atoms with E-state index in [2.05, 4.69) is 20.7 Å². The Labute approximate surface area is 196 Å². The largest absolute Gasteiger partial charge is 0.489 e. The van der Waals surface area contributed by atoms with E-state index in [1.54, 1.807) is 33.8 Å². The van der Waals surface area contributed by atoms with Gasteiger partial charge in [0.1, 0.15) is 23.8 Å². The Morgan fingerprint density at radius 3 is 2.56 bits per heavy atom. The molecule has 1 aromatic heterocycles. The monoisotopic (exact) mass is 471 g/mol. The molecule has 1 atom stereocenters. The maximum Gasteiger partial charge on any atom is 0.407 e. The van der Waals surface area contributed by atoms with Gasteiger partial charge in [0.2, 0.25) is 5.82 Å². The number of nitrogens with zero attached hydrogens (tertiary/aromatic N) is 4. The normalized spacial score (nSPS) is 12.0. The minimum atomic E-state index is -0.724. The summed E-state index contributed by atoms with van der Waals surface area (Å²) >= 11 is 0. The van der Waals surface area contributed by atoms with Gasteiger partial charge in [0, 0.05) is 17.1 Å². The number of alkyl carbamates (subject to hydrolysis) is 1. The van der Waals surface area contributed by atoms with Crippen LogP contribution in [0.15, 0.2) is 48.5 Å². The quantitative estimate of drug-likeness (QED) is 0.497. The van der Waals surface area contributed by atoms with Gasteiger partial charge < -0.3 is 19.6 Å². The maximum atomic E-state index is 14.6. The number of hydrogen-bond donors (Lipinski definition) is 1. The number of nitrogens with one attached hydrogen (secondary N) is 1. The fraction of sp³-hybridized carbons (Fsp3) is 0.348. The third-order valence-electron chi connectivity index (χ3n) is 4.25. The molecule has 1 N–H and O–H groups in total. The molecule has 0 bridgehead atoms. The molecule has 0 aliphatic heterocycles. The number of carbonyl (C=O) groups is 2. The number of aromatic nitrogens is 4. The smallest absolute Gasteiger partial charge is 0.407 e. The summed E-state index contributed by atoms with van der Waals surface area (Å²) in [7, 11) is 0. The van der Waals surface area contributed by atoms with Gasteiger partial charge in [0.15, 0.2) is 0 Å². The number of halogens is 1. The molecule has 3 rings (SSSR count). The number of ether oxygens (including phenoxy) is 2. The Hall–Kier alpha value is -4.02. The van der Waals surface area contributed by atoms with Gasteiger partial charge in [-0.2, -0.15) is 0 Å². The van der Waals surface area contributed by atoms with Crippen molar-refractivity contribution in [1.82, 2.24) is 25.7 Å². The van der Waals surface area contributed by atoms with Gasteiger partial charge in [-0.05, 0) is 50.6 Å². The van der Waals surface area contributed by atoms with Crippen LogP contribution in [0.3, 0.4) is 0 Å². The summed E-state index contributed by atoms with van der Waals surface area (Å²) in [6, 6.07) is 13.2. The van der Waals surface area contributed by atoms with E-state index in [0.29, 0.717) is 17.3 Å². The van der Waals surface area contributed by atoms with Crippen LogP contribution >= 0.6 is 0 Å². The van der Waals surface area contributed by atoms with Crippen molar-refractivity contribution in [2.75, 3.05) is 0 Å². The SMILES string of the molecule is C[C@@H](CC(=O)On1nnc(-c2ccc(OCc3ccccc3)cc2F)n1)NC(=O)OC(C)(C)C. The lowest BCUT2D eigenvalue weighted by Gasteiger charge is -2.21. The average molecular weight is 471 g/mol. The van der Waals surface area contributed by atoms with Gasteiger partial charge in [0.05, 0.1) is 12.0 Å². The van der Waals surface area contributed by atoms with E-state index >= 15 is 0 Å². The van der Waals surface area contributed by atoms with Crippen LogP contribution in [0.25, 0.3) is 11.4 Å². The molecule has 34 heavy (non-hydrogen) atoms. The molecule has 0 aliphatic rings. The summed E-state index contributed by atoms with van der Waals surface area (Å²) in [5.74, 6) is -1.07. The number of tetrazole rings is 1. The van der Waals surface area contributed by atoms with Crippen LogP contribution in [0.2, 0.25) is 0 Å². The topological polar surface area (TPSA) is 117 Å². The first-order chi connectivity index (χ1) is 16.1. The molecule has 0 aliphatic carbocycles. The molecule has 2 aromatic carbocycles. The van der Waals surface area contributed by atoms with Crippen LogP contribution in [0.1, 0.15) is 39.7 Å². The van der Waals surface area contributed by atoms with Crippen molar-refractivity contribution in [3.8, 4) is 17.1 Å². The second-order valence-corrected chi connectivity index (χ2v) is 8.50. The highest BCUT2D eigenvalue weighted by atomic mass is 19.1. The Morgan fingerprint density at radius 2 is 1.88 bits per heavy atom. The fourth-order valence-corrected chi connectivity index (χ4v) is 2.79. The molecule has 0 fully saturated rings. The standard InChI is InChI=1S/C23H26FN5O5/c1-15(25-22(31)33-23(2,3)4)12-20(30)34-29-27-21(26-28-29)18-11-10-17(13-19(18)24)32-14-16-8-6-5-7-9-16/h5-11,13,15H,12,14H2,1-4H3,(H,25,31)/t15-/m0/s1. The first-order valence-electron chi connectivity index (χ1n) is 10.6. The Balaban J connectivity index is 1.54. The van der Waals surface area contributed by atoms with E-state index < -0.39 is 29.5 Å². The van der Waals surface area contributed by atoms with E-state index in [-0.39, 0.29) is 17.8 Å². The van der Waals surface area contributed by atoms with Crippen LogP contribution in [0.5, 0.6) is 5.75 Å². The van der Waals surface area contributed by atoms with Gasteiger partial charge in [-0.1, -0.05) is 35.4 Å². The summed E-state index contributed by atoms with van der Waals surface area (Å²) < 4.78 is 25.3. The third kappa shape index (κ3) is 7.54. The van der Waals surface area contributed by atoms with Gasteiger partial charge in [0.25, 0.3) is 0 Å². The number of hydrogen-bond acceptors (Lipinski definition) is 8. The van der Waals surface area contributed by atoms with Crippen LogP contribution in [0.4, 0.5) is 9.18 Å². The van der Waals surface area contributed by atoms with Crippen molar-refractivity contribution in [3.05, 3.63) is 59.9 Å². The van der Waals surface area contributed by atoms with Gasteiger partial charge in [-0.25, -0.2) is 14.0 Å². The highest BCUT2D eigenvalue weighted by Gasteiger charge is 2.20. The fourth-order valence-electron chi connectivity index (χ4n) is 2.79. The Morgan fingerprint density at radius 1 is 1.15 bits per heavy atom. The molecule has 1 amide bonds. The van der Waals surface area contributed by atoms with E-state index in [1.165, 1.54) is 12.1 Å². The van der Waals surface area contributed by atoms with Gasteiger partial charge in [-0.15, -0.1) is 5.10 Å². The maximum absolute atomic E-state index is 14.6. The summed E-state index contributed by atoms with van der Waals surface area (Å²) in [5.41, 5.74) is 0.357. The van der Waals surface area contributed by atoms with Crippen molar-refractivity contribution in [2.45, 2.75) is 52.4 Å². The zero-order valence-corrected chi connectivity index (χ0v) is 19.3. The predicted octanol–water partition coefficient (Wildman–Crippen LogP) is 3.32. The first-order valence-corrected chi connectivity index (χ1v) is 10.6. The molecule has 0 spiro atoms. The summed E-state index contributed by atoms with van der Waals surface area (Å²) in [5, 5.41) is 13.7. The summed E-state index contributed by atoms with van der Waals surface area (Å²) in [4.78, 5) is 29.4. The molecule has 0 radical (unpaired) electrons. The Bertz CT molecular complexity index is 1130. The van der Waals surface area contributed by atoms with E-state index in [9.17, 15) is 14.0 Å². The molecule has 1 heterocycles. The minimum absolute atomic E-state index is 0.0642. The van der Waals surface area contributed by atoms with Crippen molar-refractivity contribution in [3.63, 3.8) is 0 Å². The minimum Gasteiger partial charge on any atom is -0.489 e. The number of carbonyl (C=O) groups excluding carboxylic acids is 2. The van der Waals surface area contributed by atoms with Crippen molar-refractivity contribution in [2.24, 2.45) is 0 Å². The van der Waals surface area contributed by atoms with Crippen LogP contribution in [0, 0.1) is 5.82 Å². The molecule has 0 unspecified atom stereocenters. The summed E-state index contributed by atoms with van der Waals surface area (Å²) in [6.45, 7) is 7.10. The van der Waals surface area contributed by atoms with Crippen molar-refractivity contribution >= 4 is 12.1 Å². The number of benzene rings is 2. The number of amides is 1. The van der Waals surface area contributed by atoms with Crippen molar-refractivity contribution in [1.29, 1.82) is 0 Å². The first kappa shape index (κ1) is 24.6. The molecule has 0 saturated heterocycles. The third-order valence-corrected chi connectivity index (χ3v) is 4.25. The van der Waals surface area contributed by atoms with E-state index in [0.717, 1.165) is 5.56 Å². The zero-order chi connectivity index (χ0) is 24.7. The molecule has 10 nitrogen and oxygen atoms in total. The molecule has 3 aromatic rings. The summed E-state index contributed by atoms with van der Waals surface area (Å²) in [6.07, 6.45) is -0.821. The zero-order valence-electron chi connectivity index (χ0n) is 19.3. The molecular weight excluding hydrogens is 445 g/mol. The second kappa shape index (κ2) is 10.7. The molecule has 11 heteroatoms. The lowest BCUT2D eigenvalue weighted by molar-refractivity contribution is -0.148. The van der Waals surface area contributed by atoms with E-state index in [4.69, 9.17) is 14.3 Å². The number of rotatable bonds is 8. The molecule has 180 valence electrons. The average Bonchev–Trinajstić information content (AvgIpc) is 3.19. The van der Waals surface area contributed by atoms with Crippen LogP contribution < -0.4 is 14.9 Å². The van der Waals surface area contributed by atoms with Crippen molar-refractivity contribution < 1.29 is 28.3 Å². The van der Waals surface area contributed by atoms with Gasteiger partial charge in [-0.3, -0.25) is 0 Å². The molecule has 0 saturated carbocycles. The lowest BCUT2D eigenvalue weighted by atomic mass is 10.2. The van der Waals surface area contributed by atoms with Gasteiger partial charge >= 0.3 is 12.1 Å². The predicted molar refractivity (Wildman–Crippen MR) is 119 cm³/mol. The highest BCUT2D eigenvalue weighted by Crippen LogP contribution is 2.23. The highest BCUT2D eigenvalue weighted by molar-refractivity contribution is 5.73.